The number of nitrogens with two attached hydrogens (primary N) is 1. The molecular weight excluding hydrogens is 378 g/mol. The molecule has 0 radical (unpaired) electrons. The molecule has 4 rings (SSSR count). The summed E-state index contributed by atoms with van der Waals surface area (Å²) < 4.78 is 5.23. The Kier molecular flexibility index (Phi) is 4.81. The van der Waals surface area contributed by atoms with Crippen LogP contribution in [0.25, 0.3) is 0 Å². The number of rotatable bonds is 5. The molecule has 30 heavy (non-hydrogen) atoms. The number of ether oxygens (including phenoxy) is 1. The molecule has 0 spiro atoms. The first-order chi connectivity index (χ1) is 14.3. The molecule has 0 aliphatic carbocycles. The van der Waals surface area contributed by atoms with Crippen LogP contribution in [0.2, 0.25) is 0 Å². The van der Waals surface area contributed by atoms with E-state index in [9.17, 15) is 4.79 Å². The average Bonchev–Trinajstić information content (AvgIpc) is 2.89. The lowest BCUT2D eigenvalue weighted by Crippen LogP contribution is -2.38. The Morgan fingerprint density at radius 2 is 1.87 bits per heavy atom. The molecule has 154 valence electrons. The Balaban J connectivity index is 1.66. The molecule has 7 nitrogen and oxygen atoms in total. The van der Waals surface area contributed by atoms with Crippen LogP contribution in [-0.2, 0) is 12.1 Å². The van der Waals surface area contributed by atoms with E-state index in [0.717, 1.165) is 33.7 Å². The highest BCUT2D eigenvalue weighted by Crippen LogP contribution is 2.42. The number of nitrogens with one attached hydrogen (secondary N) is 1. The standard InChI is InChI=1S/C23H25N5O2/c1-14-9-16(27-20-11-19(24)25-13-26-20)10-18-21(14)22(29)28(23(18,2)3)12-15-5-7-17(30-4)8-6-15/h5-11,13H,12H2,1-4H3,(H3,24,25,26,27). The molecule has 3 aromatic rings. The number of carbonyl (C=O) groups excluding carboxylic acids is 1. The Hall–Kier alpha value is -3.61. The van der Waals surface area contributed by atoms with E-state index >= 15 is 0 Å². The Bertz CT molecular complexity index is 1110. The fourth-order valence-corrected chi connectivity index (χ4v) is 3.93. The number of aromatic nitrogens is 2. The third kappa shape index (κ3) is 3.43. The molecule has 2 heterocycles. The summed E-state index contributed by atoms with van der Waals surface area (Å²) in [5.41, 5.74) is 9.89. The largest absolute Gasteiger partial charge is 0.497 e. The zero-order valence-corrected chi connectivity index (χ0v) is 17.6. The van der Waals surface area contributed by atoms with Crippen LogP contribution in [0, 0.1) is 6.92 Å². The van der Waals surface area contributed by atoms with Gasteiger partial charge in [0, 0.05) is 23.9 Å². The summed E-state index contributed by atoms with van der Waals surface area (Å²) >= 11 is 0. The number of carbonyl (C=O) groups is 1. The van der Waals surface area contributed by atoms with Crippen LogP contribution in [0.3, 0.4) is 0 Å². The summed E-state index contributed by atoms with van der Waals surface area (Å²) in [7, 11) is 1.64. The van der Waals surface area contributed by atoms with Gasteiger partial charge in [-0.15, -0.1) is 0 Å². The van der Waals surface area contributed by atoms with Crippen molar-refractivity contribution in [2.45, 2.75) is 32.9 Å². The van der Waals surface area contributed by atoms with Gasteiger partial charge in [0.2, 0.25) is 0 Å². The minimum absolute atomic E-state index is 0.0427. The fourth-order valence-electron chi connectivity index (χ4n) is 3.93. The van der Waals surface area contributed by atoms with Gasteiger partial charge in [-0.1, -0.05) is 12.1 Å². The average molecular weight is 403 g/mol. The molecule has 0 saturated carbocycles. The second-order valence-corrected chi connectivity index (χ2v) is 7.97. The predicted octanol–water partition coefficient (Wildman–Crippen LogP) is 4.01. The van der Waals surface area contributed by atoms with Crippen LogP contribution in [0.4, 0.5) is 17.3 Å². The van der Waals surface area contributed by atoms with Crippen LogP contribution in [0.15, 0.2) is 48.8 Å². The molecule has 0 unspecified atom stereocenters. The number of benzene rings is 2. The van der Waals surface area contributed by atoms with Crippen LogP contribution < -0.4 is 15.8 Å². The summed E-state index contributed by atoms with van der Waals surface area (Å²) in [4.78, 5) is 23.4. The molecule has 0 atom stereocenters. The first kappa shape index (κ1) is 19.7. The van der Waals surface area contributed by atoms with Crippen molar-refractivity contribution in [1.82, 2.24) is 14.9 Å². The summed E-state index contributed by atoms with van der Waals surface area (Å²) in [6, 6.07) is 13.5. The normalized spacial score (nSPS) is 14.5. The number of methoxy groups -OCH3 is 1. The van der Waals surface area contributed by atoms with Gasteiger partial charge in [0.05, 0.1) is 12.6 Å². The quantitative estimate of drug-likeness (QED) is 0.669. The van der Waals surface area contributed by atoms with E-state index in [1.807, 2.05) is 48.2 Å². The molecule has 1 aliphatic rings. The molecule has 3 N–H and O–H groups in total. The SMILES string of the molecule is COc1ccc(CN2C(=O)c3c(C)cc(Nc4cc(N)ncn4)cc3C2(C)C)cc1. The number of nitrogen functional groups attached to an aromatic ring is 1. The van der Waals surface area contributed by atoms with Crippen molar-refractivity contribution in [3.8, 4) is 5.75 Å². The zero-order chi connectivity index (χ0) is 21.5. The zero-order valence-electron chi connectivity index (χ0n) is 17.6. The van der Waals surface area contributed by atoms with E-state index in [4.69, 9.17) is 10.5 Å². The van der Waals surface area contributed by atoms with E-state index in [-0.39, 0.29) is 5.91 Å². The van der Waals surface area contributed by atoms with Crippen molar-refractivity contribution in [2.24, 2.45) is 0 Å². The minimum Gasteiger partial charge on any atom is -0.497 e. The molecule has 1 aromatic heterocycles. The van der Waals surface area contributed by atoms with Crippen LogP contribution >= 0.6 is 0 Å². The summed E-state index contributed by atoms with van der Waals surface area (Å²) in [6.45, 7) is 6.64. The first-order valence-electron chi connectivity index (χ1n) is 9.74. The van der Waals surface area contributed by atoms with E-state index in [0.29, 0.717) is 18.2 Å². The highest BCUT2D eigenvalue weighted by atomic mass is 16.5. The molecule has 2 aromatic carbocycles. The lowest BCUT2D eigenvalue weighted by molar-refractivity contribution is 0.0595. The van der Waals surface area contributed by atoms with Gasteiger partial charge < -0.3 is 20.7 Å². The maximum Gasteiger partial charge on any atom is 0.255 e. The van der Waals surface area contributed by atoms with Gasteiger partial charge in [0.25, 0.3) is 5.91 Å². The second-order valence-electron chi connectivity index (χ2n) is 7.97. The summed E-state index contributed by atoms with van der Waals surface area (Å²) in [5.74, 6) is 1.85. The number of fused-ring (bicyclic) bond motifs is 1. The molecule has 0 bridgehead atoms. The predicted molar refractivity (Wildman–Crippen MR) is 117 cm³/mol. The van der Waals surface area contributed by atoms with E-state index < -0.39 is 5.54 Å². The number of hydrogen-bond acceptors (Lipinski definition) is 6. The van der Waals surface area contributed by atoms with Crippen molar-refractivity contribution in [1.29, 1.82) is 0 Å². The molecule has 1 amide bonds. The summed E-state index contributed by atoms with van der Waals surface area (Å²) in [6.07, 6.45) is 1.42. The maximum absolute atomic E-state index is 13.3. The van der Waals surface area contributed by atoms with E-state index in [1.165, 1.54) is 6.33 Å². The number of hydrogen-bond donors (Lipinski definition) is 2. The third-order valence-corrected chi connectivity index (χ3v) is 5.59. The van der Waals surface area contributed by atoms with Crippen LogP contribution in [-0.4, -0.2) is 27.9 Å². The molecule has 1 aliphatic heterocycles. The molecular formula is C23H25N5O2. The van der Waals surface area contributed by atoms with Crippen molar-refractivity contribution in [3.63, 3.8) is 0 Å². The highest BCUT2D eigenvalue weighted by molar-refractivity contribution is 6.02. The lowest BCUT2D eigenvalue weighted by Gasteiger charge is -2.32. The molecule has 0 fully saturated rings. The van der Waals surface area contributed by atoms with Gasteiger partial charge in [0.15, 0.2) is 0 Å². The van der Waals surface area contributed by atoms with Crippen LogP contribution in [0.1, 0.15) is 40.9 Å². The van der Waals surface area contributed by atoms with Crippen molar-refractivity contribution >= 4 is 23.2 Å². The number of aryl methyl sites for hydroxylation is 1. The van der Waals surface area contributed by atoms with Gasteiger partial charge in [-0.2, -0.15) is 0 Å². The number of nitrogens with zero attached hydrogens (tertiary/aromatic N) is 3. The van der Waals surface area contributed by atoms with Gasteiger partial charge in [-0.05, 0) is 61.7 Å². The monoisotopic (exact) mass is 403 g/mol. The summed E-state index contributed by atoms with van der Waals surface area (Å²) in [5, 5.41) is 3.27. The van der Waals surface area contributed by atoms with Crippen molar-refractivity contribution in [2.75, 3.05) is 18.2 Å². The Labute approximate surface area is 175 Å². The third-order valence-electron chi connectivity index (χ3n) is 5.59. The van der Waals surface area contributed by atoms with Gasteiger partial charge in [-0.25, -0.2) is 9.97 Å². The first-order valence-corrected chi connectivity index (χ1v) is 9.74. The van der Waals surface area contributed by atoms with Crippen molar-refractivity contribution in [3.05, 3.63) is 71.0 Å². The second kappa shape index (κ2) is 7.33. The molecule has 7 heteroatoms. The number of amides is 1. The fraction of sp³-hybridized carbons (Fsp3) is 0.261. The lowest BCUT2D eigenvalue weighted by atomic mass is 9.91. The maximum atomic E-state index is 13.3. The van der Waals surface area contributed by atoms with Crippen molar-refractivity contribution < 1.29 is 9.53 Å². The topological polar surface area (TPSA) is 93.4 Å². The van der Waals surface area contributed by atoms with Gasteiger partial charge in [0.1, 0.15) is 23.7 Å². The smallest absolute Gasteiger partial charge is 0.255 e. The van der Waals surface area contributed by atoms with Gasteiger partial charge >= 0.3 is 0 Å². The number of anilines is 3. The molecule has 0 saturated heterocycles. The van der Waals surface area contributed by atoms with E-state index in [1.54, 1.807) is 13.2 Å². The highest BCUT2D eigenvalue weighted by Gasteiger charge is 2.43. The Morgan fingerprint density at radius 3 is 2.53 bits per heavy atom. The minimum atomic E-state index is -0.459. The van der Waals surface area contributed by atoms with Gasteiger partial charge in [-0.3, -0.25) is 4.79 Å². The Morgan fingerprint density at radius 1 is 1.13 bits per heavy atom. The van der Waals surface area contributed by atoms with Crippen LogP contribution in [0.5, 0.6) is 5.75 Å². The van der Waals surface area contributed by atoms with E-state index in [2.05, 4.69) is 29.1 Å².